The van der Waals surface area contributed by atoms with Crippen molar-refractivity contribution >= 4 is 11.5 Å². The van der Waals surface area contributed by atoms with Crippen molar-refractivity contribution in [1.29, 1.82) is 0 Å². The van der Waals surface area contributed by atoms with Gasteiger partial charge in [0.2, 0.25) is 0 Å². The van der Waals surface area contributed by atoms with E-state index in [4.69, 9.17) is 4.74 Å². The van der Waals surface area contributed by atoms with Gasteiger partial charge < -0.3 is 19.4 Å². The molecule has 0 radical (unpaired) electrons. The summed E-state index contributed by atoms with van der Waals surface area (Å²) in [6.45, 7) is 9.32. The molecule has 1 fully saturated rings. The standard InChI is InChI=1S/C26H37N3O2/c1-19(23-8-10-25(31-6)20(2)15-23)16-26(30)29-18-24(9-7-21(29)3)28-13-11-22(12-14-28)17-27(4)5/h7-10,15-16,18,21-22H,11-14,17H2,1-6H3/b19-16+. The van der Waals surface area contributed by atoms with Crippen LogP contribution in [0.3, 0.4) is 0 Å². The number of aryl methyl sites for hydroxylation is 1. The van der Waals surface area contributed by atoms with Crippen LogP contribution in [0.2, 0.25) is 0 Å². The van der Waals surface area contributed by atoms with E-state index < -0.39 is 0 Å². The van der Waals surface area contributed by atoms with Crippen LogP contribution in [-0.4, -0.2) is 67.5 Å². The van der Waals surface area contributed by atoms with Gasteiger partial charge in [0.25, 0.3) is 5.91 Å². The SMILES string of the molecule is COc1ccc(/C(C)=C/C(=O)N2C=C(N3CCC(CN(C)C)CC3)C=CC2C)cc1C. The number of likely N-dealkylation sites (tertiary alicyclic amines) is 1. The topological polar surface area (TPSA) is 36.0 Å². The van der Waals surface area contributed by atoms with Gasteiger partial charge in [-0.1, -0.05) is 12.1 Å². The van der Waals surface area contributed by atoms with Crippen LogP contribution in [-0.2, 0) is 4.79 Å². The van der Waals surface area contributed by atoms with Crippen LogP contribution in [0.25, 0.3) is 5.57 Å². The zero-order valence-electron chi connectivity index (χ0n) is 19.9. The minimum absolute atomic E-state index is 0.0165. The number of allylic oxidation sites excluding steroid dienone is 2. The molecule has 1 atom stereocenters. The van der Waals surface area contributed by atoms with Crippen molar-refractivity contribution < 1.29 is 9.53 Å². The van der Waals surface area contributed by atoms with Gasteiger partial charge in [0.1, 0.15) is 5.75 Å². The Kier molecular flexibility index (Phi) is 7.60. The second-order valence-corrected chi connectivity index (χ2v) is 9.10. The Morgan fingerprint density at radius 2 is 1.97 bits per heavy atom. The van der Waals surface area contributed by atoms with Gasteiger partial charge in [0, 0.05) is 31.9 Å². The maximum Gasteiger partial charge on any atom is 0.251 e. The molecule has 1 unspecified atom stereocenters. The second-order valence-electron chi connectivity index (χ2n) is 9.10. The molecule has 0 spiro atoms. The largest absolute Gasteiger partial charge is 0.496 e. The number of ether oxygens (including phenoxy) is 1. The lowest BCUT2D eigenvalue weighted by molar-refractivity contribution is -0.124. The zero-order valence-corrected chi connectivity index (χ0v) is 19.9. The zero-order chi connectivity index (χ0) is 22.5. The molecule has 5 nitrogen and oxygen atoms in total. The van der Waals surface area contributed by atoms with E-state index in [0.29, 0.717) is 0 Å². The number of nitrogens with zero attached hydrogens (tertiary/aromatic N) is 3. The first-order valence-electron chi connectivity index (χ1n) is 11.2. The molecule has 2 aliphatic rings. The monoisotopic (exact) mass is 423 g/mol. The number of hydrogen-bond donors (Lipinski definition) is 0. The smallest absolute Gasteiger partial charge is 0.251 e. The highest BCUT2D eigenvalue weighted by molar-refractivity contribution is 5.96. The first-order chi connectivity index (χ1) is 14.8. The predicted molar refractivity (Wildman–Crippen MR) is 128 cm³/mol. The molecule has 1 aromatic rings. The van der Waals surface area contributed by atoms with E-state index in [2.05, 4.69) is 49.0 Å². The van der Waals surface area contributed by atoms with Crippen LogP contribution in [0, 0.1) is 12.8 Å². The maximum atomic E-state index is 13.1. The van der Waals surface area contributed by atoms with Gasteiger partial charge in [-0.25, -0.2) is 0 Å². The average Bonchev–Trinajstić information content (AvgIpc) is 2.74. The van der Waals surface area contributed by atoms with E-state index in [9.17, 15) is 4.79 Å². The first-order valence-corrected chi connectivity index (χ1v) is 11.2. The van der Waals surface area contributed by atoms with E-state index in [1.165, 1.54) is 12.8 Å². The molecule has 0 bridgehead atoms. The van der Waals surface area contributed by atoms with E-state index in [0.717, 1.165) is 53.7 Å². The number of carbonyl (C=O) groups excluding carboxylic acids is 1. The molecule has 0 N–H and O–H groups in total. The van der Waals surface area contributed by atoms with Crippen molar-refractivity contribution in [2.24, 2.45) is 5.92 Å². The van der Waals surface area contributed by atoms with Gasteiger partial charge in [0.15, 0.2) is 0 Å². The molecule has 168 valence electrons. The highest BCUT2D eigenvalue weighted by Gasteiger charge is 2.24. The predicted octanol–water partition coefficient (Wildman–Crippen LogP) is 4.31. The van der Waals surface area contributed by atoms with Gasteiger partial charge in [-0.05, 0) is 88.5 Å². The van der Waals surface area contributed by atoms with E-state index in [-0.39, 0.29) is 11.9 Å². The number of benzene rings is 1. The van der Waals surface area contributed by atoms with Crippen LogP contribution in [0.1, 0.15) is 37.8 Å². The summed E-state index contributed by atoms with van der Waals surface area (Å²) >= 11 is 0. The molecule has 1 amide bonds. The van der Waals surface area contributed by atoms with Crippen molar-refractivity contribution in [3.8, 4) is 5.75 Å². The highest BCUT2D eigenvalue weighted by Crippen LogP contribution is 2.26. The summed E-state index contributed by atoms with van der Waals surface area (Å²) in [6.07, 6.45) is 10.5. The molecule has 3 rings (SSSR count). The summed E-state index contributed by atoms with van der Waals surface area (Å²) in [5, 5.41) is 0. The van der Waals surface area contributed by atoms with E-state index >= 15 is 0 Å². The van der Waals surface area contributed by atoms with Crippen molar-refractivity contribution in [2.75, 3.05) is 40.8 Å². The van der Waals surface area contributed by atoms with Crippen molar-refractivity contribution in [3.05, 3.63) is 59.5 Å². The van der Waals surface area contributed by atoms with Gasteiger partial charge in [0.05, 0.1) is 18.8 Å². The van der Waals surface area contributed by atoms with Crippen LogP contribution in [0.15, 0.2) is 48.3 Å². The molecule has 2 aliphatic heterocycles. The van der Waals surface area contributed by atoms with E-state index in [1.807, 2.05) is 37.1 Å². The molecule has 5 heteroatoms. The number of carbonyl (C=O) groups is 1. The Morgan fingerprint density at radius 1 is 1.26 bits per heavy atom. The fraction of sp³-hybridized carbons (Fsp3) is 0.500. The lowest BCUT2D eigenvalue weighted by Crippen LogP contribution is -2.40. The molecule has 0 aromatic heterocycles. The Balaban J connectivity index is 1.70. The molecule has 2 heterocycles. The fourth-order valence-electron chi connectivity index (χ4n) is 4.44. The summed E-state index contributed by atoms with van der Waals surface area (Å²) in [5.74, 6) is 1.64. The van der Waals surface area contributed by atoms with Gasteiger partial charge >= 0.3 is 0 Å². The highest BCUT2D eigenvalue weighted by atomic mass is 16.5. The third-order valence-electron chi connectivity index (χ3n) is 6.30. The van der Waals surface area contributed by atoms with Crippen molar-refractivity contribution in [1.82, 2.24) is 14.7 Å². The van der Waals surface area contributed by atoms with Crippen LogP contribution in [0.5, 0.6) is 5.75 Å². The van der Waals surface area contributed by atoms with Crippen molar-refractivity contribution in [3.63, 3.8) is 0 Å². The number of amides is 1. The number of piperidine rings is 1. The van der Waals surface area contributed by atoms with Gasteiger partial charge in [-0.3, -0.25) is 4.79 Å². The summed E-state index contributed by atoms with van der Waals surface area (Å²) in [6, 6.07) is 6.07. The lowest BCUT2D eigenvalue weighted by Gasteiger charge is -2.37. The van der Waals surface area contributed by atoms with Crippen LogP contribution >= 0.6 is 0 Å². The second kappa shape index (κ2) is 10.2. The Bertz CT molecular complexity index is 877. The number of methoxy groups -OCH3 is 1. The van der Waals surface area contributed by atoms with Crippen LogP contribution in [0.4, 0.5) is 0 Å². The average molecular weight is 424 g/mol. The lowest BCUT2D eigenvalue weighted by atomic mass is 9.95. The normalized spacial score (nSPS) is 20.3. The molecule has 31 heavy (non-hydrogen) atoms. The first kappa shape index (κ1) is 23.1. The minimum Gasteiger partial charge on any atom is -0.496 e. The summed E-state index contributed by atoms with van der Waals surface area (Å²) in [7, 11) is 5.97. The molecule has 0 aliphatic carbocycles. The Morgan fingerprint density at radius 3 is 2.58 bits per heavy atom. The van der Waals surface area contributed by atoms with Crippen molar-refractivity contribution in [2.45, 2.75) is 39.7 Å². The minimum atomic E-state index is 0.0165. The van der Waals surface area contributed by atoms with Gasteiger partial charge in [-0.15, -0.1) is 0 Å². The van der Waals surface area contributed by atoms with Crippen LogP contribution < -0.4 is 4.74 Å². The summed E-state index contributed by atoms with van der Waals surface area (Å²) in [4.78, 5) is 19.7. The molecular formula is C26H37N3O2. The molecule has 1 saturated heterocycles. The number of hydrogen-bond acceptors (Lipinski definition) is 4. The molecular weight excluding hydrogens is 386 g/mol. The summed E-state index contributed by atoms with van der Waals surface area (Å²) in [5.41, 5.74) is 4.20. The van der Waals surface area contributed by atoms with Gasteiger partial charge in [-0.2, -0.15) is 0 Å². The Labute approximate surface area is 187 Å². The third kappa shape index (κ3) is 5.79. The third-order valence-corrected chi connectivity index (χ3v) is 6.30. The quantitative estimate of drug-likeness (QED) is 0.639. The molecule has 1 aromatic carbocycles. The maximum absolute atomic E-state index is 13.1. The summed E-state index contributed by atoms with van der Waals surface area (Å²) < 4.78 is 5.35. The number of rotatable bonds is 6. The van der Waals surface area contributed by atoms with E-state index in [1.54, 1.807) is 13.2 Å². The molecule has 0 saturated carbocycles. The fourth-order valence-corrected chi connectivity index (χ4v) is 4.44. The Hall–Kier alpha value is -2.53.